The van der Waals surface area contributed by atoms with Crippen molar-refractivity contribution in [3.8, 4) is 0 Å². The Balaban J connectivity index is 1.96. The summed E-state index contributed by atoms with van der Waals surface area (Å²) in [6.45, 7) is 0. The molecule has 0 aliphatic carbocycles. The molecule has 3 aromatic carbocycles. The van der Waals surface area contributed by atoms with Gasteiger partial charge in [-0.3, -0.25) is 4.79 Å². The summed E-state index contributed by atoms with van der Waals surface area (Å²) in [7, 11) is 1.32. The van der Waals surface area contributed by atoms with Crippen LogP contribution in [-0.4, -0.2) is 13.1 Å². The molecule has 0 fully saturated rings. The van der Waals surface area contributed by atoms with E-state index in [1.54, 1.807) is 12.1 Å². The lowest BCUT2D eigenvalue weighted by Gasteiger charge is -2.09. The van der Waals surface area contributed by atoms with E-state index in [-0.39, 0.29) is 5.43 Å². The lowest BCUT2D eigenvalue weighted by molar-refractivity contribution is 0.0602. The maximum Gasteiger partial charge on any atom is 0.338 e. The molecule has 3 nitrogen and oxygen atoms in total. The monoisotopic (exact) mass is 412 g/mol. The van der Waals surface area contributed by atoms with Gasteiger partial charge in [0.25, 0.3) is 0 Å². The average Bonchev–Trinajstić information content (AvgIpc) is 2.68. The van der Waals surface area contributed by atoms with Crippen molar-refractivity contribution in [3.63, 3.8) is 0 Å². The molecular weight excluding hydrogens is 400 g/mol. The van der Waals surface area contributed by atoms with Gasteiger partial charge in [-0.05, 0) is 48.5 Å². The Labute approximate surface area is 168 Å². The van der Waals surface area contributed by atoms with Gasteiger partial charge in [-0.25, -0.2) is 4.79 Å². The van der Waals surface area contributed by atoms with E-state index in [2.05, 4.69) is 0 Å². The molecular formula is C21H13ClO3S2. The van der Waals surface area contributed by atoms with Crippen LogP contribution in [0.2, 0.25) is 5.02 Å². The number of rotatable bonds is 3. The van der Waals surface area contributed by atoms with Crippen molar-refractivity contribution in [2.24, 2.45) is 0 Å². The van der Waals surface area contributed by atoms with Crippen LogP contribution in [0.4, 0.5) is 0 Å². The number of carbonyl (C=O) groups is 1. The summed E-state index contributed by atoms with van der Waals surface area (Å²) in [4.78, 5) is 27.2. The van der Waals surface area contributed by atoms with Crippen LogP contribution in [0.25, 0.3) is 20.2 Å². The Morgan fingerprint density at radius 1 is 1.00 bits per heavy atom. The molecule has 4 rings (SSSR count). The molecule has 1 heterocycles. The highest BCUT2D eigenvalue weighted by atomic mass is 35.5. The van der Waals surface area contributed by atoms with Crippen LogP contribution < -0.4 is 5.43 Å². The summed E-state index contributed by atoms with van der Waals surface area (Å²) in [6, 6.07) is 18.5. The van der Waals surface area contributed by atoms with Gasteiger partial charge in [-0.1, -0.05) is 35.5 Å². The van der Waals surface area contributed by atoms with Crippen molar-refractivity contribution < 1.29 is 9.53 Å². The lowest BCUT2D eigenvalue weighted by Crippen LogP contribution is -2.10. The number of hydrogen-bond acceptors (Lipinski definition) is 5. The van der Waals surface area contributed by atoms with Crippen LogP contribution in [0, 0.1) is 0 Å². The Bertz CT molecular complexity index is 1230. The Kier molecular flexibility index (Phi) is 4.91. The molecule has 134 valence electrons. The number of ether oxygens (including phenoxy) is 1. The standard InChI is InChI=1S/C21H13ClO3S2/c1-25-21(24)16-10-14(26-13-8-6-12(22)7-9-13)11-18-19(16)20(23)15-4-2-3-5-17(15)27-18/h2-11H,1H3. The number of halogens is 1. The van der Waals surface area contributed by atoms with Crippen LogP contribution in [-0.2, 0) is 4.74 Å². The fourth-order valence-corrected chi connectivity index (χ4v) is 5.11. The van der Waals surface area contributed by atoms with Gasteiger partial charge >= 0.3 is 5.97 Å². The average molecular weight is 413 g/mol. The van der Waals surface area contributed by atoms with E-state index in [4.69, 9.17) is 16.3 Å². The first-order valence-electron chi connectivity index (χ1n) is 8.08. The molecule has 0 N–H and O–H groups in total. The molecule has 27 heavy (non-hydrogen) atoms. The van der Waals surface area contributed by atoms with E-state index in [9.17, 15) is 9.59 Å². The van der Waals surface area contributed by atoms with Gasteiger partial charge in [-0.2, -0.15) is 0 Å². The van der Waals surface area contributed by atoms with E-state index < -0.39 is 5.97 Å². The van der Waals surface area contributed by atoms with E-state index >= 15 is 0 Å². The van der Waals surface area contributed by atoms with E-state index in [0.29, 0.717) is 21.4 Å². The molecule has 0 atom stereocenters. The number of fused-ring (bicyclic) bond motifs is 2. The van der Waals surface area contributed by atoms with Crippen molar-refractivity contribution in [1.29, 1.82) is 0 Å². The molecule has 0 amide bonds. The molecule has 1 aromatic heterocycles. The van der Waals surface area contributed by atoms with Crippen molar-refractivity contribution in [2.75, 3.05) is 7.11 Å². The maximum absolute atomic E-state index is 13.0. The highest BCUT2D eigenvalue weighted by molar-refractivity contribution is 7.99. The van der Waals surface area contributed by atoms with Gasteiger partial charge in [0.1, 0.15) is 0 Å². The minimum Gasteiger partial charge on any atom is -0.465 e. The molecule has 0 aliphatic rings. The molecule has 4 aromatic rings. The maximum atomic E-state index is 13.0. The van der Waals surface area contributed by atoms with Crippen LogP contribution in [0.5, 0.6) is 0 Å². The van der Waals surface area contributed by atoms with Gasteiger partial charge in [0, 0.05) is 29.6 Å². The SMILES string of the molecule is COC(=O)c1cc(Sc2ccc(Cl)cc2)cc2sc3ccccc3c(=O)c12. The second kappa shape index (κ2) is 7.35. The van der Waals surface area contributed by atoms with Gasteiger partial charge in [-0.15, -0.1) is 11.3 Å². The number of hydrogen-bond donors (Lipinski definition) is 0. The smallest absolute Gasteiger partial charge is 0.338 e. The quantitative estimate of drug-likeness (QED) is 0.305. The minimum atomic E-state index is -0.516. The van der Waals surface area contributed by atoms with Gasteiger partial charge in [0.05, 0.1) is 18.1 Å². The minimum absolute atomic E-state index is 0.150. The fourth-order valence-electron chi connectivity index (χ4n) is 2.87. The third kappa shape index (κ3) is 3.46. The molecule has 0 aliphatic heterocycles. The molecule has 0 saturated carbocycles. The fraction of sp³-hybridized carbons (Fsp3) is 0.0476. The number of benzene rings is 3. The molecule has 0 saturated heterocycles. The zero-order valence-electron chi connectivity index (χ0n) is 14.2. The predicted molar refractivity (Wildman–Crippen MR) is 113 cm³/mol. The van der Waals surface area contributed by atoms with Crippen molar-refractivity contribution >= 4 is 60.8 Å². The second-order valence-electron chi connectivity index (χ2n) is 5.82. The zero-order valence-corrected chi connectivity index (χ0v) is 16.6. The van der Waals surface area contributed by atoms with Crippen molar-refractivity contribution in [2.45, 2.75) is 9.79 Å². The van der Waals surface area contributed by atoms with Crippen molar-refractivity contribution in [1.82, 2.24) is 0 Å². The first-order valence-corrected chi connectivity index (χ1v) is 10.1. The second-order valence-corrected chi connectivity index (χ2v) is 8.49. The van der Waals surface area contributed by atoms with Crippen LogP contribution >= 0.6 is 34.7 Å². The molecule has 0 unspecified atom stereocenters. The van der Waals surface area contributed by atoms with Crippen LogP contribution in [0.1, 0.15) is 10.4 Å². The van der Waals surface area contributed by atoms with Gasteiger partial charge in [0.2, 0.25) is 0 Å². The summed E-state index contributed by atoms with van der Waals surface area (Å²) in [5, 5.41) is 1.68. The summed E-state index contributed by atoms with van der Waals surface area (Å²) in [6.07, 6.45) is 0. The van der Waals surface area contributed by atoms with Gasteiger partial charge in [0.15, 0.2) is 5.43 Å². The van der Waals surface area contributed by atoms with E-state index in [0.717, 1.165) is 19.2 Å². The molecule has 0 bridgehead atoms. The highest BCUT2D eigenvalue weighted by Crippen LogP contribution is 2.35. The molecule has 0 spiro atoms. The largest absolute Gasteiger partial charge is 0.465 e. The Morgan fingerprint density at radius 2 is 1.74 bits per heavy atom. The topological polar surface area (TPSA) is 43.4 Å². The summed E-state index contributed by atoms with van der Waals surface area (Å²) >= 11 is 8.94. The third-order valence-corrected chi connectivity index (χ3v) is 6.46. The summed E-state index contributed by atoms with van der Waals surface area (Å²) in [5.74, 6) is -0.516. The summed E-state index contributed by atoms with van der Waals surface area (Å²) < 4.78 is 6.58. The number of esters is 1. The Hall–Kier alpha value is -2.34. The highest BCUT2D eigenvalue weighted by Gasteiger charge is 2.18. The van der Waals surface area contributed by atoms with E-state index in [1.165, 1.54) is 30.2 Å². The molecule has 0 radical (unpaired) electrons. The molecule has 6 heteroatoms. The number of methoxy groups -OCH3 is 1. The normalized spacial score (nSPS) is 11.0. The summed E-state index contributed by atoms with van der Waals surface area (Å²) in [5.41, 5.74) is 0.140. The van der Waals surface area contributed by atoms with Crippen LogP contribution in [0.3, 0.4) is 0 Å². The first kappa shape index (κ1) is 18.0. The third-order valence-electron chi connectivity index (χ3n) is 4.11. The number of carbonyl (C=O) groups excluding carboxylic acids is 1. The lowest BCUT2D eigenvalue weighted by atomic mass is 10.1. The van der Waals surface area contributed by atoms with Crippen LogP contribution in [0.15, 0.2) is 75.2 Å². The first-order chi connectivity index (χ1) is 13.1. The Morgan fingerprint density at radius 3 is 2.48 bits per heavy atom. The van der Waals surface area contributed by atoms with Gasteiger partial charge < -0.3 is 4.74 Å². The van der Waals surface area contributed by atoms with E-state index in [1.807, 2.05) is 48.5 Å². The van der Waals surface area contributed by atoms with Crippen molar-refractivity contribution in [3.05, 3.63) is 81.5 Å². The predicted octanol–water partition coefficient (Wildman–Crippen LogP) is 6.01. The zero-order chi connectivity index (χ0) is 19.0.